The van der Waals surface area contributed by atoms with Gasteiger partial charge in [-0.1, -0.05) is 25.2 Å². The quantitative estimate of drug-likeness (QED) is 0.483. The van der Waals surface area contributed by atoms with Crippen LogP contribution in [0.2, 0.25) is 0 Å². The molecule has 0 fully saturated rings. The van der Waals surface area contributed by atoms with Gasteiger partial charge in [0.05, 0.1) is 0 Å². The van der Waals surface area contributed by atoms with Gasteiger partial charge in [-0.25, -0.2) is 4.39 Å². The summed E-state index contributed by atoms with van der Waals surface area (Å²) in [4.78, 5) is 0. The SMILES string of the molecule is C.CC(C)C(OC(F)(F)CF)C(F)(F)F.O=S(=O)(O)F. The largest absolute Gasteiger partial charge is 0.435 e. The van der Waals surface area contributed by atoms with Crippen LogP contribution in [0.4, 0.5) is 30.2 Å². The molecule has 0 aliphatic carbocycles. The third kappa shape index (κ3) is 15.4. The van der Waals surface area contributed by atoms with Crippen molar-refractivity contribution in [1.82, 2.24) is 0 Å². The maximum atomic E-state index is 12.2. The lowest BCUT2D eigenvalue weighted by atomic mass is 10.1. The van der Waals surface area contributed by atoms with Crippen LogP contribution in [-0.4, -0.2) is 38.0 Å². The molecule has 126 valence electrons. The highest BCUT2D eigenvalue weighted by Crippen LogP contribution is 2.33. The lowest BCUT2D eigenvalue weighted by molar-refractivity contribution is -0.336. The minimum absolute atomic E-state index is 0. The molecule has 0 aromatic heterocycles. The summed E-state index contributed by atoms with van der Waals surface area (Å²) in [7, 11) is -5.17. The smallest absolute Gasteiger partial charge is 0.305 e. The minimum Gasteiger partial charge on any atom is -0.305 e. The van der Waals surface area contributed by atoms with Crippen LogP contribution in [0, 0.1) is 5.92 Å². The lowest BCUT2D eigenvalue weighted by Crippen LogP contribution is -2.42. The summed E-state index contributed by atoms with van der Waals surface area (Å²) in [6, 6.07) is 0. The molecule has 0 saturated carbocycles. The second-order valence-electron chi connectivity index (χ2n) is 3.51. The van der Waals surface area contributed by atoms with Crippen LogP contribution in [0.5, 0.6) is 0 Å². The van der Waals surface area contributed by atoms with E-state index in [0.717, 1.165) is 13.8 Å². The average molecular weight is 340 g/mol. The van der Waals surface area contributed by atoms with Crippen LogP contribution < -0.4 is 0 Å². The molecule has 0 aliphatic heterocycles. The normalized spacial score (nSPS) is 14.2. The zero-order valence-electron chi connectivity index (χ0n) is 9.59. The Balaban J connectivity index is -0.000000414. The summed E-state index contributed by atoms with van der Waals surface area (Å²) in [5.74, 6) is -1.20. The molecule has 4 nitrogen and oxygen atoms in total. The van der Waals surface area contributed by atoms with Gasteiger partial charge < -0.3 is 4.74 Å². The molecule has 0 heterocycles. The molecule has 1 N–H and O–H groups in total. The summed E-state index contributed by atoms with van der Waals surface area (Å²) in [6.07, 6.45) is -12.0. The fraction of sp³-hybridized carbons (Fsp3) is 1.00. The number of alkyl halides is 6. The number of hydrogen-bond donors (Lipinski definition) is 1. The van der Waals surface area contributed by atoms with Gasteiger partial charge in [0.25, 0.3) is 0 Å². The van der Waals surface area contributed by atoms with E-state index in [0.29, 0.717) is 0 Å². The highest BCUT2D eigenvalue weighted by molar-refractivity contribution is 7.80. The molecule has 1 unspecified atom stereocenters. The van der Waals surface area contributed by atoms with Crippen LogP contribution in [0.1, 0.15) is 21.3 Å². The molecule has 0 rings (SSSR count). The number of hydrogen-bond acceptors (Lipinski definition) is 3. The van der Waals surface area contributed by atoms with Crippen LogP contribution in [0.25, 0.3) is 0 Å². The van der Waals surface area contributed by atoms with E-state index in [-0.39, 0.29) is 7.43 Å². The van der Waals surface area contributed by atoms with Gasteiger partial charge in [0.15, 0.2) is 12.8 Å². The minimum atomic E-state index is -5.17. The third-order valence-corrected chi connectivity index (χ3v) is 1.38. The third-order valence-electron chi connectivity index (χ3n) is 1.38. The van der Waals surface area contributed by atoms with E-state index >= 15 is 0 Å². The van der Waals surface area contributed by atoms with Gasteiger partial charge in [-0.2, -0.15) is 30.4 Å². The standard InChI is InChI=1S/C7H10F6O.CH4.FHO3S/c1-4(2)5(7(11,12)13)14-6(9,10)3-8;;1-5(2,3)4/h4-5H,3H2,1-2H3;1H4;(H,2,3,4). The van der Waals surface area contributed by atoms with Crippen molar-refractivity contribution in [2.75, 3.05) is 6.67 Å². The van der Waals surface area contributed by atoms with Crippen molar-refractivity contribution in [3.63, 3.8) is 0 Å². The fourth-order valence-electron chi connectivity index (χ4n) is 0.798. The van der Waals surface area contributed by atoms with Gasteiger partial charge >= 0.3 is 22.8 Å². The Bertz CT molecular complexity index is 344. The second-order valence-corrected chi connectivity index (χ2v) is 4.33. The summed E-state index contributed by atoms with van der Waals surface area (Å²) in [5.41, 5.74) is 0. The van der Waals surface area contributed by atoms with E-state index in [2.05, 4.69) is 4.74 Å². The van der Waals surface area contributed by atoms with E-state index in [4.69, 9.17) is 13.0 Å². The van der Waals surface area contributed by atoms with Crippen molar-refractivity contribution in [3.05, 3.63) is 0 Å². The first kappa shape index (κ1) is 24.4. The van der Waals surface area contributed by atoms with Crippen LogP contribution in [0.3, 0.4) is 0 Å². The predicted octanol–water partition coefficient (Wildman–Crippen LogP) is 3.55. The topological polar surface area (TPSA) is 63.6 Å². The Morgan fingerprint density at radius 2 is 1.45 bits per heavy atom. The first-order valence-electron chi connectivity index (χ1n) is 4.45. The van der Waals surface area contributed by atoms with E-state index < -0.39 is 41.5 Å². The highest BCUT2D eigenvalue weighted by Gasteiger charge is 2.48. The predicted molar refractivity (Wildman–Crippen MR) is 56.1 cm³/mol. The molecule has 1 atom stereocenters. The van der Waals surface area contributed by atoms with Gasteiger partial charge in [0.2, 0.25) is 0 Å². The number of ether oxygens (including phenoxy) is 1. The average Bonchev–Trinajstić information content (AvgIpc) is 2.09. The number of rotatable bonds is 4. The molecule has 0 bridgehead atoms. The summed E-state index contributed by atoms with van der Waals surface area (Å²) in [5, 5.41) is 0. The molecule has 12 heteroatoms. The summed E-state index contributed by atoms with van der Waals surface area (Å²) < 4.78 is 110. The highest BCUT2D eigenvalue weighted by atomic mass is 32.3. The fourth-order valence-corrected chi connectivity index (χ4v) is 0.798. The van der Waals surface area contributed by atoms with E-state index in [9.17, 15) is 30.2 Å². The van der Waals surface area contributed by atoms with Crippen molar-refractivity contribution in [2.24, 2.45) is 5.92 Å². The summed E-state index contributed by atoms with van der Waals surface area (Å²) in [6.45, 7) is -0.148. The molecular weight excluding hydrogens is 325 g/mol. The van der Waals surface area contributed by atoms with Gasteiger partial charge in [0.1, 0.15) is 0 Å². The second kappa shape index (κ2) is 8.62. The zero-order chi connectivity index (χ0) is 16.1. The Morgan fingerprint density at radius 3 is 1.60 bits per heavy atom. The van der Waals surface area contributed by atoms with Crippen LogP contribution in [0.15, 0.2) is 0 Å². The molecule has 0 aliphatic rings. The molecular formula is C8H15F7O4S. The Labute approximate surface area is 112 Å². The van der Waals surface area contributed by atoms with E-state index in [1.807, 2.05) is 0 Å². The molecule has 0 radical (unpaired) electrons. The van der Waals surface area contributed by atoms with Crippen molar-refractivity contribution in [2.45, 2.75) is 39.7 Å². The van der Waals surface area contributed by atoms with Crippen molar-refractivity contribution < 1.29 is 47.9 Å². The molecule has 0 aromatic rings. The maximum Gasteiger partial charge on any atom is 0.435 e. The molecule has 0 saturated heterocycles. The van der Waals surface area contributed by atoms with Crippen LogP contribution >= 0.6 is 0 Å². The molecule has 20 heavy (non-hydrogen) atoms. The Kier molecular flexibility index (Phi) is 10.5. The molecule has 0 aromatic carbocycles. The summed E-state index contributed by atoms with van der Waals surface area (Å²) >= 11 is 0. The monoisotopic (exact) mass is 340 g/mol. The Hall–Kier alpha value is -0.620. The van der Waals surface area contributed by atoms with Gasteiger partial charge in [-0.05, 0) is 5.92 Å². The van der Waals surface area contributed by atoms with E-state index in [1.54, 1.807) is 0 Å². The van der Waals surface area contributed by atoms with Gasteiger partial charge in [-0.3, -0.25) is 4.55 Å². The van der Waals surface area contributed by atoms with Crippen LogP contribution in [-0.2, 0) is 15.2 Å². The van der Waals surface area contributed by atoms with Gasteiger partial charge in [0, 0.05) is 0 Å². The molecule has 0 spiro atoms. The van der Waals surface area contributed by atoms with Crippen molar-refractivity contribution >= 4 is 10.5 Å². The molecule has 0 amide bonds. The Morgan fingerprint density at radius 1 is 1.15 bits per heavy atom. The van der Waals surface area contributed by atoms with Crippen molar-refractivity contribution in [3.8, 4) is 0 Å². The first-order chi connectivity index (χ1) is 8.10. The van der Waals surface area contributed by atoms with E-state index in [1.165, 1.54) is 0 Å². The van der Waals surface area contributed by atoms with Crippen molar-refractivity contribution in [1.29, 1.82) is 0 Å². The first-order valence-corrected chi connectivity index (χ1v) is 5.79. The number of halogens is 7. The zero-order valence-corrected chi connectivity index (χ0v) is 10.4. The van der Waals surface area contributed by atoms with Gasteiger partial charge in [-0.15, -0.1) is 0 Å². The lowest BCUT2D eigenvalue weighted by Gasteiger charge is -2.27. The maximum absolute atomic E-state index is 12.2.